The summed E-state index contributed by atoms with van der Waals surface area (Å²) in [6.07, 6.45) is 2.21. The minimum Gasteiger partial charge on any atom is -0.348 e. The summed E-state index contributed by atoms with van der Waals surface area (Å²) in [6.45, 7) is 8.19. The Morgan fingerprint density at radius 3 is 2.40 bits per heavy atom. The monoisotopic (exact) mass is 431 g/mol. The Hall–Kier alpha value is -1.95. The molecule has 1 fully saturated rings. The maximum atomic E-state index is 14.0. The molecule has 0 unspecified atom stereocenters. The van der Waals surface area contributed by atoms with Crippen LogP contribution in [-0.2, 0) is 17.8 Å². The van der Waals surface area contributed by atoms with Gasteiger partial charge in [-0.2, -0.15) is 0 Å². The minimum absolute atomic E-state index is 0.0161. The van der Waals surface area contributed by atoms with E-state index in [4.69, 9.17) is 11.6 Å². The Bertz CT molecular complexity index is 815. The lowest BCUT2D eigenvalue weighted by Crippen LogP contribution is -2.49. The molecule has 0 spiro atoms. The second kappa shape index (κ2) is 10.9. The van der Waals surface area contributed by atoms with Gasteiger partial charge in [0.15, 0.2) is 0 Å². The molecular weight excluding hydrogens is 401 g/mol. The van der Waals surface area contributed by atoms with Crippen LogP contribution in [0.25, 0.3) is 0 Å². The lowest BCUT2D eigenvalue weighted by Gasteiger charge is -2.34. The Balaban J connectivity index is 1.43. The van der Waals surface area contributed by atoms with Crippen molar-refractivity contribution < 1.29 is 9.18 Å². The van der Waals surface area contributed by atoms with Crippen LogP contribution in [0, 0.1) is 5.82 Å². The summed E-state index contributed by atoms with van der Waals surface area (Å²) in [7, 11) is 0. The molecule has 3 rings (SSSR count). The predicted molar refractivity (Wildman–Crippen MR) is 120 cm³/mol. The number of nitrogens with one attached hydrogen (secondary N) is 1. The molecule has 1 aliphatic heterocycles. The van der Waals surface area contributed by atoms with E-state index in [1.165, 1.54) is 11.6 Å². The van der Waals surface area contributed by atoms with Crippen LogP contribution in [0.5, 0.6) is 0 Å². The second-order valence-electron chi connectivity index (χ2n) is 8.03. The van der Waals surface area contributed by atoms with Crippen molar-refractivity contribution in [1.82, 2.24) is 15.1 Å². The fourth-order valence-electron chi connectivity index (χ4n) is 3.85. The number of amides is 1. The molecule has 1 aliphatic rings. The smallest absolute Gasteiger partial charge is 0.234 e. The van der Waals surface area contributed by atoms with Gasteiger partial charge in [0.25, 0.3) is 0 Å². The molecule has 4 nitrogen and oxygen atoms in total. The van der Waals surface area contributed by atoms with Crippen LogP contribution in [0.4, 0.5) is 4.39 Å². The second-order valence-corrected chi connectivity index (χ2v) is 8.44. The van der Waals surface area contributed by atoms with Crippen molar-refractivity contribution >= 4 is 17.5 Å². The SMILES string of the molecule is CCCc1ccc([C@@H](C)NC(=O)CN2CCN(Cc3c(F)cccc3Cl)CC2)cc1. The summed E-state index contributed by atoms with van der Waals surface area (Å²) in [5, 5.41) is 3.57. The predicted octanol–water partition coefficient (Wildman–Crippen LogP) is 4.43. The third-order valence-electron chi connectivity index (χ3n) is 5.67. The van der Waals surface area contributed by atoms with Crippen molar-refractivity contribution in [2.45, 2.75) is 39.3 Å². The van der Waals surface area contributed by atoms with E-state index >= 15 is 0 Å². The van der Waals surface area contributed by atoms with E-state index in [9.17, 15) is 9.18 Å². The van der Waals surface area contributed by atoms with E-state index in [0.29, 0.717) is 23.7 Å². The fraction of sp³-hybridized carbons (Fsp3) is 0.458. The van der Waals surface area contributed by atoms with E-state index in [0.717, 1.165) is 44.6 Å². The molecule has 30 heavy (non-hydrogen) atoms. The Kier molecular flexibility index (Phi) is 8.25. The first-order chi connectivity index (χ1) is 14.5. The van der Waals surface area contributed by atoms with E-state index in [-0.39, 0.29) is 17.8 Å². The maximum absolute atomic E-state index is 14.0. The molecule has 1 saturated heterocycles. The molecule has 0 saturated carbocycles. The number of rotatable bonds is 8. The van der Waals surface area contributed by atoms with Gasteiger partial charge in [-0.25, -0.2) is 4.39 Å². The number of benzene rings is 2. The van der Waals surface area contributed by atoms with E-state index in [1.54, 1.807) is 12.1 Å². The number of aryl methyl sites for hydroxylation is 1. The first-order valence-electron chi connectivity index (χ1n) is 10.7. The molecule has 0 radical (unpaired) electrons. The lowest BCUT2D eigenvalue weighted by molar-refractivity contribution is -0.123. The van der Waals surface area contributed by atoms with Gasteiger partial charge in [0.05, 0.1) is 12.6 Å². The first-order valence-corrected chi connectivity index (χ1v) is 11.1. The van der Waals surface area contributed by atoms with Gasteiger partial charge in [0.1, 0.15) is 5.82 Å². The van der Waals surface area contributed by atoms with Crippen LogP contribution in [0.2, 0.25) is 5.02 Å². The van der Waals surface area contributed by atoms with Gasteiger partial charge in [0, 0.05) is 43.3 Å². The normalized spacial score (nSPS) is 16.4. The van der Waals surface area contributed by atoms with Gasteiger partial charge in [0.2, 0.25) is 5.91 Å². The third-order valence-corrected chi connectivity index (χ3v) is 6.03. The zero-order valence-corrected chi connectivity index (χ0v) is 18.6. The van der Waals surface area contributed by atoms with Crippen molar-refractivity contribution in [3.8, 4) is 0 Å². The van der Waals surface area contributed by atoms with Gasteiger partial charge in [-0.05, 0) is 36.6 Å². The molecule has 0 aliphatic carbocycles. The van der Waals surface area contributed by atoms with Crippen molar-refractivity contribution in [2.75, 3.05) is 32.7 Å². The summed E-state index contributed by atoms with van der Waals surface area (Å²) in [4.78, 5) is 16.8. The van der Waals surface area contributed by atoms with Crippen LogP contribution >= 0.6 is 11.6 Å². The van der Waals surface area contributed by atoms with Crippen molar-refractivity contribution in [2.24, 2.45) is 0 Å². The van der Waals surface area contributed by atoms with Crippen LogP contribution in [0.15, 0.2) is 42.5 Å². The molecule has 2 aromatic carbocycles. The molecule has 1 atom stereocenters. The van der Waals surface area contributed by atoms with Gasteiger partial charge >= 0.3 is 0 Å². The maximum Gasteiger partial charge on any atom is 0.234 e. The number of halogens is 2. The molecule has 0 aromatic heterocycles. The van der Waals surface area contributed by atoms with Crippen molar-refractivity contribution in [3.05, 3.63) is 70.0 Å². The van der Waals surface area contributed by atoms with Gasteiger partial charge in [-0.1, -0.05) is 55.3 Å². The van der Waals surface area contributed by atoms with E-state index < -0.39 is 0 Å². The number of carbonyl (C=O) groups is 1. The number of hydrogen-bond acceptors (Lipinski definition) is 3. The van der Waals surface area contributed by atoms with Gasteiger partial charge in [-0.15, -0.1) is 0 Å². The Morgan fingerprint density at radius 2 is 1.77 bits per heavy atom. The molecule has 0 bridgehead atoms. The standard InChI is InChI=1S/C24H31ClFN3O/c1-3-5-19-8-10-20(11-9-19)18(2)27-24(30)17-29-14-12-28(13-15-29)16-21-22(25)6-4-7-23(21)26/h4,6-11,18H,3,5,12-17H2,1-2H3,(H,27,30)/t18-/m1/s1. The average Bonchev–Trinajstić information content (AvgIpc) is 2.73. The average molecular weight is 432 g/mol. The molecule has 1 heterocycles. The highest BCUT2D eigenvalue weighted by molar-refractivity contribution is 6.31. The first kappa shape index (κ1) is 22.7. The molecule has 1 amide bonds. The van der Waals surface area contributed by atoms with Crippen LogP contribution in [0.3, 0.4) is 0 Å². The largest absolute Gasteiger partial charge is 0.348 e. The van der Waals surface area contributed by atoms with Crippen LogP contribution in [0.1, 0.15) is 43.0 Å². The fourth-order valence-corrected chi connectivity index (χ4v) is 4.07. The Morgan fingerprint density at radius 1 is 1.10 bits per heavy atom. The highest BCUT2D eigenvalue weighted by Crippen LogP contribution is 2.21. The third kappa shape index (κ3) is 6.27. The van der Waals surface area contributed by atoms with E-state index in [2.05, 4.69) is 46.3 Å². The zero-order chi connectivity index (χ0) is 21.5. The summed E-state index contributed by atoms with van der Waals surface area (Å²) in [5.74, 6) is -0.230. The highest BCUT2D eigenvalue weighted by atomic mass is 35.5. The Labute approximate surface area is 184 Å². The molecule has 6 heteroatoms. The van der Waals surface area contributed by atoms with Crippen LogP contribution < -0.4 is 5.32 Å². The summed E-state index contributed by atoms with van der Waals surface area (Å²) in [5.41, 5.74) is 2.99. The van der Waals surface area contributed by atoms with Gasteiger partial charge < -0.3 is 5.32 Å². The van der Waals surface area contributed by atoms with E-state index in [1.807, 2.05) is 6.92 Å². The number of hydrogen-bond donors (Lipinski definition) is 1. The number of piperazine rings is 1. The van der Waals surface area contributed by atoms with Crippen molar-refractivity contribution in [3.63, 3.8) is 0 Å². The minimum atomic E-state index is -0.263. The summed E-state index contributed by atoms with van der Waals surface area (Å²) in [6, 6.07) is 13.3. The molecule has 1 N–H and O–H groups in total. The van der Waals surface area contributed by atoms with Crippen molar-refractivity contribution in [1.29, 1.82) is 0 Å². The summed E-state index contributed by atoms with van der Waals surface area (Å²) < 4.78 is 14.0. The molecular formula is C24H31ClFN3O. The molecule has 162 valence electrons. The lowest BCUT2D eigenvalue weighted by atomic mass is 10.0. The number of nitrogens with zero attached hydrogens (tertiary/aromatic N) is 2. The van der Waals surface area contributed by atoms with Gasteiger partial charge in [-0.3, -0.25) is 14.6 Å². The number of carbonyl (C=O) groups excluding carboxylic acids is 1. The quantitative estimate of drug-likeness (QED) is 0.671. The molecule has 2 aromatic rings. The zero-order valence-electron chi connectivity index (χ0n) is 17.8. The highest BCUT2D eigenvalue weighted by Gasteiger charge is 2.21. The topological polar surface area (TPSA) is 35.6 Å². The summed E-state index contributed by atoms with van der Waals surface area (Å²) >= 11 is 6.14. The van der Waals surface area contributed by atoms with Crippen LogP contribution in [-0.4, -0.2) is 48.4 Å².